The highest BCUT2D eigenvalue weighted by atomic mass is 32.2. The number of hydrogen-bond acceptors (Lipinski definition) is 4. The number of rotatable bonds is 4. The number of nitrogens with zero attached hydrogens (tertiary/aromatic N) is 1. The fourth-order valence-electron chi connectivity index (χ4n) is 1.77. The molecule has 5 heteroatoms. The van der Waals surface area contributed by atoms with Crippen LogP contribution in [0.15, 0.2) is 23.2 Å². The van der Waals surface area contributed by atoms with Gasteiger partial charge in [-0.25, -0.2) is 4.39 Å². The van der Waals surface area contributed by atoms with Gasteiger partial charge in [-0.3, -0.25) is 4.99 Å². The Balaban J connectivity index is 2.04. The zero-order chi connectivity index (χ0) is 13.8. The van der Waals surface area contributed by atoms with Gasteiger partial charge in [-0.2, -0.15) is 0 Å². The maximum absolute atomic E-state index is 13.7. The summed E-state index contributed by atoms with van der Waals surface area (Å²) in [5.74, 6) is 1.45. The summed E-state index contributed by atoms with van der Waals surface area (Å²) in [5, 5.41) is 4.02. The minimum Gasteiger partial charge on any atom is -0.491 e. The summed E-state index contributed by atoms with van der Waals surface area (Å²) >= 11 is 1.68. The van der Waals surface area contributed by atoms with E-state index in [4.69, 9.17) is 4.74 Å². The molecule has 0 saturated heterocycles. The third kappa shape index (κ3) is 3.62. The molecule has 0 aromatic heterocycles. The number of thioether (sulfide) groups is 1. The van der Waals surface area contributed by atoms with Gasteiger partial charge in [-0.15, -0.1) is 0 Å². The van der Waals surface area contributed by atoms with Crippen LogP contribution >= 0.6 is 11.8 Å². The van der Waals surface area contributed by atoms with Crippen molar-refractivity contribution < 1.29 is 9.13 Å². The van der Waals surface area contributed by atoms with E-state index >= 15 is 0 Å². The van der Waals surface area contributed by atoms with Gasteiger partial charge in [0.05, 0.1) is 12.6 Å². The van der Waals surface area contributed by atoms with Crippen molar-refractivity contribution in [2.45, 2.75) is 26.8 Å². The Bertz CT molecular complexity index is 477. The largest absolute Gasteiger partial charge is 0.491 e. The number of aliphatic imine (C=N–C) groups is 1. The van der Waals surface area contributed by atoms with Crippen molar-refractivity contribution in [2.75, 3.05) is 17.7 Å². The summed E-state index contributed by atoms with van der Waals surface area (Å²) in [5.41, 5.74) is 0.705. The minimum absolute atomic E-state index is 0.286. The number of halogens is 1. The van der Waals surface area contributed by atoms with Crippen LogP contribution in [0.2, 0.25) is 0 Å². The van der Waals surface area contributed by atoms with Gasteiger partial charge in [0.25, 0.3) is 0 Å². The van der Waals surface area contributed by atoms with Crippen molar-refractivity contribution in [1.29, 1.82) is 0 Å². The maximum atomic E-state index is 13.7. The molecule has 19 heavy (non-hydrogen) atoms. The fourth-order valence-corrected chi connectivity index (χ4v) is 2.96. The molecule has 3 nitrogen and oxygen atoms in total. The van der Waals surface area contributed by atoms with Gasteiger partial charge in [0.2, 0.25) is 0 Å². The first-order chi connectivity index (χ1) is 9.10. The molecule has 0 radical (unpaired) electrons. The minimum atomic E-state index is -0.351. The van der Waals surface area contributed by atoms with E-state index in [0.29, 0.717) is 24.3 Å². The quantitative estimate of drug-likeness (QED) is 0.913. The second-order valence-electron chi connectivity index (χ2n) is 4.76. The number of nitrogens with one attached hydrogen (secondary N) is 1. The van der Waals surface area contributed by atoms with E-state index < -0.39 is 0 Å². The maximum Gasteiger partial charge on any atom is 0.167 e. The Morgan fingerprint density at radius 3 is 2.89 bits per heavy atom. The zero-order valence-corrected chi connectivity index (χ0v) is 12.3. The van der Waals surface area contributed by atoms with Crippen molar-refractivity contribution in [3.63, 3.8) is 0 Å². The van der Waals surface area contributed by atoms with Gasteiger partial charge in [0.15, 0.2) is 16.7 Å². The Kier molecular flexibility index (Phi) is 4.69. The van der Waals surface area contributed by atoms with Crippen molar-refractivity contribution in [3.8, 4) is 5.75 Å². The lowest BCUT2D eigenvalue weighted by Crippen LogP contribution is -2.12. The predicted octanol–water partition coefficient (Wildman–Crippen LogP) is 3.76. The second kappa shape index (κ2) is 6.28. The Labute approximate surface area is 117 Å². The van der Waals surface area contributed by atoms with Gasteiger partial charge in [-0.1, -0.05) is 25.6 Å². The molecule has 1 aliphatic rings. The van der Waals surface area contributed by atoms with Gasteiger partial charge >= 0.3 is 0 Å². The predicted molar refractivity (Wildman–Crippen MR) is 79.7 cm³/mol. The molecule has 1 aromatic rings. The zero-order valence-electron chi connectivity index (χ0n) is 11.4. The highest BCUT2D eigenvalue weighted by Crippen LogP contribution is 2.26. The number of anilines is 1. The van der Waals surface area contributed by atoms with E-state index in [1.165, 1.54) is 6.07 Å². The van der Waals surface area contributed by atoms with Crippen LogP contribution in [0.4, 0.5) is 10.1 Å². The first kappa shape index (κ1) is 14.2. The molecule has 0 aliphatic carbocycles. The molecular formula is C14H19FN2OS. The fraction of sp³-hybridized carbons (Fsp3) is 0.500. The first-order valence-electron chi connectivity index (χ1n) is 6.50. The first-order valence-corrected chi connectivity index (χ1v) is 7.48. The lowest BCUT2D eigenvalue weighted by molar-refractivity contribution is 0.321. The Hall–Kier alpha value is -1.23. The van der Waals surface area contributed by atoms with Crippen LogP contribution in [0.1, 0.15) is 20.8 Å². The van der Waals surface area contributed by atoms with Crippen LogP contribution in [-0.2, 0) is 0 Å². The van der Waals surface area contributed by atoms with E-state index in [0.717, 1.165) is 10.9 Å². The number of ether oxygens (including phenoxy) is 1. The second-order valence-corrected chi connectivity index (χ2v) is 5.77. The molecule has 0 saturated carbocycles. The van der Waals surface area contributed by atoms with Crippen molar-refractivity contribution >= 4 is 22.6 Å². The van der Waals surface area contributed by atoms with E-state index in [1.807, 2.05) is 6.92 Å². The van der Waals surface area contributed by atoms with Gasteiger partial charge in [-0.05, 0) is 25.0 Å². The summed E-state index contributed by atoms with van der Waals surface area (Å²) < 4.78 is 18.9. The molecule has 1 heterocycles. The summed E-state index contributed by atoms with van der Waals surface area (Å²) in [6.45, 7) is 6.62. The molecule has 1 aliphatic heterocycles. The number of benzene rings is 1. The van der Waals surface area contributed by atoms with Crippen LogP contribution in [0.3, 0.4) is 0 Å². The lowest BCUT2D eigenvalue weighted by atomic mass is 10.1. The van der Waals surface area contributed by atoms with E-state index in [1.54, 1.807) is 23.9 Å². The third-order valence-corrected chi connectivity index (χ3v) is 3.92. The van der Waals surface area contributed by atoms with E-state index in [9.17, 15) is 4.39 Å². The summed E-state index contributed by atoms with van der Waals surface area (Å²) in [7, 11) is 0. The van der Waals surface area contributed by atoms with Gasteiger partial charge in [0.1, 0.15) is 0 Å². The molecule has 0 fully saturated rings. The smallest absolute Gasteiger partial charge is 0.167 e. The van der Waals surface area contributed by atoms with Gasteiger partial charge < -0.3 is 10.1 Å². The monoisotopic (exact) mass is 282 g/mol. The average molecular weight is 282 g/mol. The van der Waals surface area contributed by atoms with Crippen LogP contribution in [0.5, 0.6) is 5.75 Å². The lowest BCUT2D eigenvalue weighted by Gasteiger charge is -2.09. The van der Waals surface area contributed by atoms with Crippen molar-refractivity contribution in [3.05, 3.63) is 24.0 Å². The number of amidine groups is 1. The summed E-state index contributed by atoms with van der Waals surface area (Å²) in [6.07, 6.45) is 0. The summed E-state index contributed by atoms with van der Waals surface area (Å²) in [4.78, 5) is 4.59. The summed E-state index contributed by atoms with van der Waals surface area (Å²) in [6, 6.07) is 5.23. The van der Waals surface area contributed by atoms with Crippen LogP contribution in [-0.4, -0.2) is 23.6 Å². The van der Waals surface area contributed by atoms with Crippen LogP contribution < -0.4 is 10.1 Å². The van der Waals surface area contributed by atoms with E-state index in [2.05, 4.69) is 24.2 Å². The highest BCUT2D eigenvalue weighted by Gasteiger charge is 2.21. The molecular weight excluding hydrogens is 263 g/mol. The molecule has 104 valence electrons. The molecule has 2 rings (SSSR count). The normalized spacial score (nSPS) is 18.6. The Morgan fingerprint density at radius 2 is 2.32 bits per heavy atom. The molecule has 0 bridgehead atoms. The molecule has 0 amide bonds. The molecule has 0 spiro atoms. The molecule has 1 N–H and O–H groups in total. The third-order valence-electron chi connectivity index (χ3n) is 2.93. The molecule has 1 atom stereocenters. The van der Waals surface area contributed by atoms with Crippen LogP contribution in [0, 0.1) is 11.7 Å². The Morgan fingerprint density at radius 1 is 1.53 bits per heavy atom. The SMILES string of the molecule is CCOc1ccc(NC2=NC(C(C)C)CS2)cc1F. The average Bonchev–Trinajstić information content (AvgIpc) is 2.81. The van der Waals surface area contributed by atoms with Crippen molar-refractivity contribution in [1.82, 2.24) is 0 Å². The highest BCUT2D eigenvalue weighted by molar-refractivity contribution is 8.14. The van der Waals surface area contributed by atoms with E-state index in [-0.39, 0.29) is 11.6 Å². The number of hydrogen-bond donors (Lipinski definition) is 1. The van der Waals surface area contributed by atoms with Crippen LogP contribution in [0.25, 0.3) is 0 Å². The standard InChI is InChI=1S/C14H19FN2OS/c1-4-18-13-6-5-10(7-11(13)15)16-14-17-12(8-19-14)9(2)3/h5-7,9,12H,4,8H2,1-3H3,(H,16,17). The molecule has 1 unspecified atom stereocenters. The van der Waals surface area contributed by atoms with Gasteiger partial charge in [0, 0.05) is 17.5 Å². The topological polar surface area (TPSA) is 33.6 Å². The molecule has 1 aromatic carbocycles. The van der Waals surface area contributed by atoms with Crippen molar-refractivity contribution in [2.24, 2.45) is 10.9 Å².